The van der Waals surface area contributed by atoms with Crippen LogP contribution in [0.2, 0.25) is 0 Å². The predicted molar refractivity (Wildman–Crippen MR) is 117 cm³/mol. The molecule has 0 saturated carbocycles. The molecule has 1 saturated heterocycles. The molecule has 1 fully saturated rings. The third-order valence-electron chi connectivity index (χ3n) is 5.48. The van der Waals surface area contributed by atoms with Crippen LogP contribution in [-0.2, 0) is 13.1 Å². The normalized spacial score (nSPS) is 15.1. The van der Waals surface area contributed by atoms with E-state index in [-0.39, 0.29) is 5.92 Å². The molecule has 1 aromatic heterocycles. The highest BCUT2D eigenvalue weighted by Gasteiger charge is 2.25. The van der Waals surface area contributed by atoms with Crippen molar-refractivity contribution in [3.63, 3.8) is 0 Å². The summed E-state index contributed by atoms with van der Waals surface area (Å²) in [5, 5.41) is 13.1. The third-order valence-corrected chi connectivity index (χ3v) is 5.48. The molecule has 1 aliphatic heterocycles. The van der Waals surface area contributed by atoms with E-state index >= 15 is 0 Å². The van der Waals surface area contributed by atoms with Crippen LogP contribution in [0.3, 0.4) is 0 Å². The fraction of sp³-hybridized carbons (Fsp3) is 0.478. The van der Waals surface area contributed by atoms with Crippen LogP contribution in [0.1, 0.15) is 53.7 Å². The number of hydrogen-bond acceptors (Lipinski definition) is 5. The number of nitrogens with zero attached hydrogens (tertiary/aromatic N) is 3. The Hall–Kier alpha value is -2.44. The van der Waals surface area contributed by atoms with Crippen LogP contribution < -0.4 is 10.2 Å². The smallest absolute Gasteiger partial charge is 0.339 e. The molecule has 29 heavy (non-hydrogen) atoms. The second kappa shape index (κ2) is 9.85. The zero-order chi connectivity index (χ0) is 20.8. The van der Waals surface area contributed by atoms with Gasteiger partial charge in [0.1, 0.15) is 11.4 Å². The summed E-state index contributed by atoms with van der Waals surface area (Å²) in [6.45, 7) is 12.3. The van der Waals surface area contributed by atoms with E-state index in [1.165, 1.54) is 11.1 Å². The standard InChI is InChI=1S/C23H32N4O2/c1-4-24-15-18-5-7-19(8-6-18)16-26-11-13-27(14-12-26)22-21(23(28)29)20(17(2)3)9-10-25-22/h5-10,17,24H,4,11-16H2,1-3H3,(H,28,29). The Morgan fingerprint density at radius 3 is 2.34 bits per heavy atom. The summed E-state index contributed by atoms with van der Waals surface area (Å²) in [7, 11) is 0. The Bertz CT molecular complexity index is 812. The van der Waals surface area contributed by atoms with E-state index in [9.17, 15) is 9.90 Å². The van der Waals surface area contributed by atoms with E-state index in [2.05, 4.69) is 51.3 Å². The fourth-order valence-electron chi connectivity index (χ4n) is 3.81. The van der Waals surface area contributed by atoms with E-state index in [1.807, 2.05) is 19.9 Å². The Balaban J connectivity index is 1.62. The number of carboxylic acid groups (broad SMARTS) is 1. The highest BCUT2D eigenvalue weighted by atomic mass is 16.4. The van der Waals surface area contributed by atoms with Crippen LogP contribution in [0.4, 0.5) is 5.82 Å². The number of benzene rings is 1. The number of rotatable bonds is 8. The van der Waals surface area contributed by atoms with Crippen molar-refractivity contribution in [3.05, 3.63) is 58.8 Å². The largest absolute Gasteiger partial charge is 0.478 e. The van der Waals surface area contributed by atoms with Crippen LogP contribution in [0.5, 0.6) is 0 Å². The molecule has 6 nitrogen and oxygen atoms in total. The minimum absolute atomic E-state index is 0.152. The van der Waals surface area contributed by atoms with E-state index < -0.39 is 5.97 Å². The van der Waals surface area contributed by atoms with Gasteiger partial charge in [0, 0.05) is 45.5 Å². The van der Waals surface area contributed by atoms with Crippen molar-refractivity contribution in [2.75, 3.05) is 37.6 Å². The average molecular weight is 397 g/mol. The topological polar surface area (TPSA) is 68.7 Å². The number of carboxylic acids is 1. The molecule has 0 bridgehead atoms. The zero-order valence-corrected chi connectivity index (χ0v) is 17.7. The van der Waals surface area contributed by atoms with Gasteiger partial charge in [0.15, 0.2) is 0 Å². The van der Waals surface area contributed by atoms with Gasteiger partial charge in [-0.1, -0.05) is 45.0 Å². The number of anilines is 1. The van der Waals surface area contributed by atoms with Gasteiger partial charge >= 0.3 is 5.97 Å². The Morgan fingerprint density at radius 1 is 1.10 bits per heavy atom. The van der Waals surface area contributed by atoms with Gasteiger partial charge in [-0.25, -0.2) is 9.78 Å². The summed E-state index contributed by atoms with van der Waals surface area (Å²) >= 11 is 0. The van der Waals surface area contributed by atoms with Gasteiger partial charge in [0.05, 0.1) is 0 Å². The van der Waals surface area contributed by atoms with Gasteiger partial charge in [-0.2, -0.15) is 0 Å². The highest BCUT2D eigenvalue weighted by molar-refractivity contribution is 5.95. The lowest BCUT2D eigenvalue weighted by Crippen LogP contribution is -2.46. The minimum atomic E-state index is -0.892. The van der Waals surface area contributed by atoms with Crippen molar-refractivity contribution < 1.29 is 9.90 Å². The molecule has 1 aliphatic rings. The van der Waals surface area contributed by atoms with Crippen LogP contribution in [-0.4, -0.2) is 53.7 Å². The average Bonchev–Trinajstić information content (AvgIpc) is 2.73. The molecule has 2 heterocycles. The van der Waals surface area contributed by atoms with Crippen molar-refractivity contribution in [1.82, 2.24) is 15.2 Å². The number of nitrogens with one attached hydrogen (secondary N) is 1. The van der Waals surface area contributed by atoms with Gasteiger partial charge < -0.3 is 15.3 Å². The Morgan fingerprint density at radius 2 is 1.76 bits per heavy atom. The summed E-state index contributed by atoms with van der Waals surface area (Å²) in [6, 6.07) is 10.6. The first kappa shape index (κ1) is 21.3. The molecule has 0 spiro atoms. The van der Waals surface area contributed by atoms with Crippen LogP contribution in [0, 0.1) is 0 Å². The maximum absolute atomic E-state index is 11.9. The predicted octanol–water partition coefficient (Wildman–Crippen LogP) is 3.33. The molecule has 0 atom stereocenters. The SMILES string of the molecule is CCNCc1ccc(CN2CCN(c3nccc(C(C)C)c3C(=O)O)CC2)cc1. The van der Waals surface area contributed by atoms with Gasteiger partial charge in [0.25, 0.3) is 0 Å². The van der Waals surface area contributed by atoms with Gasteiger partial charge in [0.2, 0.25) is 0 Å². The summed E-state index contributed by atoms with van der Waals surface area (Å²) in [5.41, 5.74) is 3.82. The first-order valence-corrected chi connectivity index (χ1v) is 10.5. The van der Waals surface area contributed by atoms with Crippen molar-refractivity contribution >= 4 is 11.8 Å². The molecule has 156 valence electrons. The zero-order valence-electron chi connectivity index (χ0n) is 17.7. The monoisotopic (exact) mass is 396 g/mol. The molecule has 0 unspecified atom stereocenters. The van der Waals surface area contributed by atoms with Crippen LogP contribution in [0.15, 0.2) is 36.5 Å². The molecule has 1 aromatic carbocycles. The van der Waals surface area contributed by atoms with E-state index in [0.717, 1.165) is 51.4 Å². The third kappa shape index (κ3) is 5.34. The summed E-state index contributed by atoms with van der Waals surface area (Å²) in [4.78, 5) is 20.9. The number of aromatic carboxylic acids is 1. The molecule has 6 heteroatoms. The van der Waals surface area contributed by atoms with Crippen LogP contribution in [0.25, 0.3) is 0 Å². The second-order valence-corrected chi connectivity index (χ2v) is 7.92. The van der Waals surface area contributed by atoms with Crippen molar-refractivity contribution in [2.45, 2.75) is 39.8 Å². The molecule has 2 aromatic rings. The Labute approximate surface area is 173 Å². The van der Waals surface area contributed by atoms with Crippen molar-refractivity contribution in [2.24, 2.45) is 0 Å². The lowest BCUT2D eigenvalue weighted by Gasteiger charge is -2.36. The van der Waals surface area contributed by atoms with E-state index in [0.29, 0.717) is 11.4 Å². The lowest BCUT2D eigenvalue weighted by molar-refractivity contribution is 0.0695. The number of piperazine rings is 1. The van der Waals surface area contributed by atoms with Gasteiger partial charge in [-0.3, -0.25) is 4.90 Å². The maximum Gasteiger partial charge on any atom is 0.339 e. The van der Waals surface area contributed by atoms with E-state index in [4.69, 9.17) is 0 Å². The summed E-state index contributed by atoms with van der Waals surface area (Å²) in [6.07, 6.45) is 1.73. The number of carbonyl (C=O) groups is 1. The van der Waals surface area contributed by atoms with Gasteiger partial charge in [-0.05, 0) is 35.2 Å². The number of hydrogen-bond donors (Lipinski definition) is 2. The quantitative estimate of drug-likeness (QED) is 0.713. The lowest BCUT2D eigenvalue weighted by atomic mass is 9.98. The fourth-order valence-corrected chi connectivity index (χ4v) is 3.81. The molecule has 2 N–H and O–H groups in total. The second-order valence-electron chi connectivity index (χ2n) is 7.92. The molecule has 3 rings (SSSR count). The minimum Gasteiger partial charge on any atom is -0.478 e. The molecule has 0 amide bonds. The van der Waals surface area contributed by atoms with Gasteiger partial charge in [-0.15, -0.1) is 0 Å². The first-order valence-electron chi connectivity index (χ1n) is 10.5. The number of pyridine rings is 1. The molecule has 0 aliphatic carbocycles. The van der Waals surface area contributed by atoms with Crippen molar-refractivity contribution in [3.8, 4) is 0 Å². The Kier molecular flexibility index (Phi) is 7.23. The maximum atomic E-state index is 11.9. The first-order chi connectivity index (χ1) is 14.0. The number of aromatic nitrogens is 1. The molecular weight excluding hydrogens is 364 g/mol. The van der Waals surface area contributed by atoms with Crippen LogP contribution >= 0.6 is 0 Å². The summed E-state index contributed by atoms with van der Waals surface area (Å²) < 4.78 is 0. The molecular formula is C23H32N4O2. The van der Waals surface area contributed by atoms with Crippen molar-refractivity contribution in [1.29, 1.82) is 0 Å². The van der Waals surface area contributed by atoms with E-state index in [1.54, 1.807) is 6.20 Å². The molecule has 0 radical (unpaired) electrons. The highest BCUT2D eigenvalue weighted by Crippen LogP contribution is 2.27. The summed E-state index contributed by atoms with van der Waals surface area (Å²) in [5.74, 6) is -0.132.